The first-order chi connectivity index (χ1) is 9.06. The summed E-state index contributed by atoms with van der Waals surface area (Å²) >= 11 is 0. The number of rotatable bonds is 4. The van der Waals surface area contributed by atoms with Crippen molar-refractivity contribution in [2.45, 2.75) is 33.2 Å². The van der Waals surface area contributed by atoms with Gasteiger partial charge in [0.25, 0.3) is 0 Å². The average molecular weight is 259 g/mol. The van der Waals surface area contributed by atoms with Crippen LogP contribution in [0.3, 0.4) is 0 Å². The minimum absolute atomic E-state index is 0.0155. The molecule has 1 amide bonds. The van der Waals surface area contributed by atoms with Crippen LogP contribution in [-0.2, 0) is 11.2 Å². The quantitative estimate of drug-likeness (QED) is 0.890. The number of aromatic nitrogens is 4. The van der Waals surface area contributed by atoms with E-state index in [-0.39, 0.29) is 11.9 Å². The van der Waals surface area contributed by atoms with Gasteiger partial charge in [-0.15, -0.1) is 0 Å². The van der Waals surface area contributed by atoms with Crippen molar-refractivity contribution in [2.24, 2.45) is 0 Å². The number of nitrogens with one attached hydrogen (secondary N) is 1. The summed E-state index contributed by atoms with van der Waals surface area (Å²) in [5.74, 6) is 1.49. The molecule has 1 unspecified atom stereocenters. The highest BCUT2D eigenvalue weighted by Crippen LogP contribution is 2.10. The second-order valence-electron chi connectivity index (χ2n) is 4.50. The number of aryl methyl sites for hydroxylation is 1. The SMILES string of the molecule is CC(=O)NC(C)Cc1nc(C)nn1-c1ccncc1. The zero-order chi connectivity index (χ0) is 13.8. The van der Waals surface area contributed by atoms with Gasteiger partial charge in [-0.2, -0.15) is 5.10 Å². The monoisotopic (exact) mass is 259 g/mol. The first-order valence-electron chi connectivity index (χ1n) is 6.16. The lowest BCUT2D eigenvalue weighted by molar-refractivity contribution is -0.119. The number of hydrogen-bond acceptors (Lipinski definition) is 4. The highest BCUT2D eigenvalue weighted by molar-refractivity contribution is 5.73. The van der Waals surface area contributed by atoms with E-state index >= 15 is 0 Å². The van der Waals surface area contributed by atoms with Crippen molar-refractivity contribution in [3.63, 3.8) is 0 Å². The Morgan fingerprint density at radius 2 is 2.11 bits per heavy atom. The number of pyridine rings is 1. The molecule has 19 heavy (non-hydrogen) atoms. The Balaban J connectivity index is 2.24. The summed E-state index contributed by atoms with van der Waals surface area (Å²) in [4.78, 5) is 19.4. The molecule has 0 aliphatic carbocycles. The van der Waals surface area contributed by atoms with E-state index in [2.05, 4.69) is 20.4 Å². The molecule has 6 heteroatoms. The highest BCUT2D eigenvalue weighted by atomic mass is 16.1. The Morgan fingerprint density at radius 1 is 1.42 bits per heavy atom. The smallest absolute Gasteiger partial charge is 0.217 e. The summed E-state index contributed by atoms with van der Waals surface area (Å²) in [6, 6.07) is 3.77. The molecule has 0 saturated carbocycles. The second-order valence-corrected chi connectivity index (χ2v) is 4.50. The van der Waals surface area contributed by atoms with Gasteiger partial charge in [-0.1, -0.05) is 0 Å². The molecule has 2 aromatic rings. The summed E-state index contributed by atoms with van der Waals surface area (Å²) in [7, 11) is 0. The number of nitrogens with zero attached hydrogens (tertiary/aromatic N) is 4. The van der Waals surface area contributed by atoms with Gasteiger partial charge >= 0.3 is 0 Å². The topological polar surface area (TPSA) is 72.7 Å². The minimum atomic E-state index is -0.0424. The third kappa shape index (κ3) is 3.37. The largest absolute Gasteiger partial charge is 0.353 e. The van der Waals surface area contributed by atoms with E-state index in [1.807, 2.05) is 26.0 Å². The van der Waals surface area contributed by atoms with Crippen LogP contribution in [0, 0.1) is 6.92 Å². The molecule has 100 valence electrons. The highest BCUT2D eigenvalue weighted by Gasteiger charge is 2.13. The van der Waals surface area contributed by atoms with Crippen molar-refractivity contribution in [3.05, 3.63) is 36.2 Å². The molecule has 6 nitrogen and oxygen atoms in total. The van der Waals surface area contributed by atoms with E-state index in [0.717, 1.165) is 11.5 Å². The maximum atomic E-state index is 11.0. The molecule has 0 aliphatic rings. The predicted octanol–water partition coefficient (Wildman–Crippen LogP) is 1.04. The minimum Gasteiger partial charge on any atom is -0.353 e. The number of carbonyl (C=O) groups excluding carboxylic acids is 1. The van der Waals surface area contributed by atoms with E-state index in [4.69, 9.17) is 0 Å². The van der Waals surface area contributed by atoms with Crippen LogP contribution in [0.25, 0.3) is 5.69 Å². The van der Waals surface area contributed by atoms with Crippen molar-refractivity contribution in [2.75, 3.05) is 0 Å². The molecule has 0 saturated heterocycles. The summed E-state index contributed by atoms with van der Waals surface area (Å²) in [6.45, 7) is 5.31. The number of carbonyl (C=O) groups is 1. The maximum absolute atomic E-state index is 11.0. The maximum Gasteiger partial charge on any atom is 0.217 e. The van der Waals surface area contributed by atoms with E-state index < -0.39 is 0 Å². The zero-order valence-electron chi connectivity index (χ0n) is 11.3. The first-order valence-corrected chi connectivity index (χ1v) is 6.16. The Hall–Kier alpha value is -2.24. The average Bonchev–Trinajstić information content (AvgIpc) is 2.70. The zero-order valence-corrected chi connectivity index (χ0v) is 11.3. The summed E-state index contributed by atoms with van der Waals surface area (Å²) in [6.07, 6.45) is 4.06. The van der Waals surface area contributed by atoms with Gasteiger partial charge in [0.2, 0.25) is 5.91 Å². The molecule has 1 atom stereocenters. The molecule has 0 radical (unpaired) electrons. The third-order valence-corrected chi connectivity index (χ3v) is 2.63. The van der Waals surface area contributed by atoms with Crippen LogP contribution in [0.4, 0.5) is 0 Å². The normalized spacial score (nSPS) is 12.2. The van der Waals surface area contributed by atoms with Crippen LogP contribution in [-0.4, -0.2) is 31.7 Å². The molecule has 0 fully saturated rings. The molecule has 2 aromatic heterocycles. The standard InChI is InChI=1S/C13H17N5O/c1-9(15-11(3)19)8-13-16-10(2)17-18(13)12-4-6-14-7-5-12/h4-7,9H,8H2,1-3H3,(H,15,19). The number of hydrogen-bond donors (Lipinski definition) is 1. The van der Waals surface area contributed by atoms with Gasteiger partial charge in [0.1, 0.15) is 11.6 Å². The Morgan fingerprint density at radius 3 is 2.74 bits per heavy atom. The van der Waals surface area contributed by atoms with Crippen molar-refractivity contribution < 1.29 is 4.79 Å². The van der Waals surface area contributed by atoms with Crippen LogP contribution >= 0.6 is 0 Å². The summed E-state index contributed by atoms with van der Waals surface area (Å²) < 4.78 is 1.79. The molecular weight excluding hydrogens is 242 g/mol. The Bertz CT molecular complexity index is 564. The fourth-order valence-corrected chi connectivity index (χ4v) is 1.95. The van der Waals surface area contributed by atoms with Gasteiger partial charge in [0, 0.05) is 31.8 Å². The molecule has 0 spiro atoms. The van der Waals surface area contributed by atoms with Crippen molar-refractivity contribution in [1.82, 2.24) is 25.1 Å². The lowest BCUT2D eigenvalue weighted by Gasteiger charge is -2.12. The molecule has 0 bridgehead atoms. The van der Waals surface area contributed by atoms with Gasteiger partial charge < -0.3 is 5.32 Å². The summed E-state index contributed by atoms with van der Waals surface area (Å²) in [5.41, 5.74) is 0.917. The van der Waals surface area contributed by atoms with Crippen molar-refractivity contribution in [3.8, 4) is 5.69 Å². The van der Waals surface area contributed by atoms with Crippen LogP contribution in [0.1, 0.15) is 25.5 Å². The molecule has 0 aliphatic heterocycles. The van der Waals surface area contributed by atoms with Crippen molar-refractivity contribution >= 4 is 5.91 Å². The number of amides is 1. The molecule has 2 heterocycles. The van der Waals surface area contributed by atoms with Gasteiger partial charge in [0.05, 0.1) is 5.69 Å². The summed E-state index contributed by atoms with van der Waals surface area (Å²) in [5, 5.41) is 7.22. The first kappa shape index (κ1) is 13.2. The van der Waals surface area contributed by atoms with E-state index in [1.165, 1.54) is 6.92 Å². The lowest BCUT2D eigenvalue weighted by atomic mass is 10.2. The fraction of sp³-hybridized carbons (Fsp3) is 0.385. The second kappa shape index (κ2) is 5.60. The van der Waals surface area contributed by atoms with Crippen LogP contribution in [0.2, 0.25) is 0 Å². The van der Waals surface area contributed by atoms with Crippen LogP contribution in [0.5, 0.6) is 0 Å². The molecule has 2 rings (SSSR count). The van der Waals surface area contributed by atoms with Gasteiger partial charge in [-0.05, 0) is 26.0 Å². The van der Waals surface area contributed by atoms with Gasteiger partial charge in [0.15, 0.2) is 0 Å². The van der Waals surface area contributed by atoms with E-state index in [0.29, 0.717) is 12.2 Å². The van der Waals surface area contributed by atoms with Gasteiger partial charge in [-0.25, -0.2) is 9.67 Å². The lowest BCUT2D eigenvalue weighted by Crippen LogP contribution is -2.32. The Labute approximate surface area is 111 Å². The fourth-order valence-electron chi connectivity index (χ4n) is 1.95. The van der Waals surface area contributed by atoms with Gasteiger partial charge in [-0.3, -0.25) is 9.78 Å². The molecule has 1 N–H and O–H groups in total. The van der Waals surface area contributed by atoms with Crippen LogP contribution in [0.15, 0.2) is 24.5 Å². The molecular formula is C13H17N5O. The van der Waals surface area contributed by atoms with E-state index in [1.54, 1.807) is 17.1 Å². The predicted molar refractivity (Wildman–Crippen MR) is 70.9 cm³/mol. The van der Waals surface area contributed by atoms with Crippen LogP contribution < -0.4 is 5.32 Å². The molecule has 0 aromatic carbocycles. The third-order valence-electron chi connectivity index (χ3n) is 2.63. The Kier molecular flexibility index (Phi) is 3.89. The van der Waals surface area contributed by atoms with Crippen molar-refractivity contribution in [1.29, 1.82) is 0 Å². The van der Waals surface area contributed by atoms with E-state index in [9.17, 15) is 4.79 Å².